The van der Waals surface area contributed by atoms with Gasteiger partial charge < -0.3 is 19.9 Å². The number of methoxy groups -OCH3 is 1. The number of hydrogen-bond acceptors (Lipinski definition) is 7. The third-order valence-corrected chi connectivity index (χ3v) is 5.71. The van der Waals surface area contributed by atoms with Gasteiger partial charge in [0.05, 0.1) is 27.6 Å². The maximum Gasteiger partial charge on any atom is 0.255 e. The number of fused-ring (bicyclic) bond motifs is 1. The van der Waals surface area contributed by atoms with Crippen LogP contribution in [0.25, 0.3) is 10.2 Å². The lowest BCUT2D eigenvalue weighted by atomic mass is 10.0. The van der Waals surface area contributed by atoms with Gasteiger partial charge in [-0.15, -0.1) is 0 Å². The number of hydrogen-bond donors (Lipinski definition) is 1. The number of nitrogens with two attached hydrogens (primary N) is 1. The number of carbonyl (C=O) groups excluding carboxylic acids is 1. The Bertz CT molecular complexity index is 951. The molecule has 3 heterocycles. The number of aromatic nitrogens is 2. The molecule has 2 atom stereocenters. The Hall–Kier alpha value is -2.45. The minimum Gasteiger partial charge on any atom is -0.379 e. The predicted molar refractivity (Wildman–Crippen MR) is 99.2 cm³/mol. The van der Waals surface area contributed by atoms with Crippen molar-refractivity contribution >= 4 is 32.6 Å². The molecule has 1 saturated heterocycles. The summed E-state index contributed by atoms with van der Waals surface area (Å²) in [5.41, 5.74) is 8.07. The van der Waals surface area contributed by atoms with Crippen molar-refractivity contribution in [2.45, 2.75) is 19.4 Å². The zero-order chi connectivity index (χ0) is 18.3. The number of anilines is 1. The highest BCUT2D eigenvalue weighted by Crippen LogP contribution is 2.30. The van der Waals surface area contributed by atoms with Gasteiger partial charge >= 0.3 is 0 Å². The van der Waals surface area contributed by atoms with Crippen LogP contribution in [0.3, 0.4) is 0 Å². The Balaban J connectivity index is 1.56. The van der Waals surface area contributed by atoms with E-state index in [1.807, 2.05) is 36.1 Å². The zero-order valence-corrected chi connectivity index (χ0v) is 15.5. The molecular weight excluding hydrogens is 352 g/mol. The quantitative estimate of drug-likeness (QED) is 0.756. The van der Waals surface area contributed by atoms with Crippen molar-refractivity contribution in [3.8, 4) is 0 Å². The smallest absolute Gasteiger partial charge is 0.255 e. The van der Waals surface area contributed by atoms with Crippen LogP contribution in [0.5, 0.6) is 0 Å². The van der Waals surface area contributed by atoms with Crippen molar-refractivity contribution in [2.75, 3.05) is 25.9 Å². The van der Waals surface area contributed by atoms with Crippen LogP contribution in [0.2, 0.25) is 0 Å². The first-order valence-corrected chi connectivity index (χ1v) is 9.26. The molecule has 0 saturated carbocycles. The van der Waals surface area contributed by atoms with E-state index in [4.69, 9.17) is 15.0 Å². The van der Waals surface area contributed by atoms with E-state index in [-0.39, 0.29) is 17.9 Å². The van der Waals surface area contributed by atoms with Crippen molar-refractivity contribution < 1.29 is 14.1 Å². The Morgan fingerprint density at radius 2 is 2.31 bits per heavy atom. The summed E-state index contributed by atoms with van der Waals surface area (Å²) < 4.78 is 11.8. The molecule has 1 aliphatic heterocycles. The summed E-state index contributed by atoms with van der Waals surface area (Å²) in [6, 6.07) is 7.47. The molecule has 0 radical (unpaired) electrons. The number of thiazole rings is 1. The highest BCUT2D eigenvalue weighted by molar-refractivity contribution is 7.22. The van der Waals surface area contributed by atoms with E-state index in [2.05, 4.69) is 10.1 Å². The van der Waals surface area contributed by atoms with Crippen LogP contribution < -0.4 is 5.73 Å². The molecular formula is C18H20N4O3S. The second kappa shape index (κ2) is 6.69. The molecule has 0 aliphatic carbocycles. The lowest BCUT2D eigenvalue weighted by molar-refractivity contribution is 0.0673. The molecule has 1 fully saturated rings. The number of likely N-dealkylation sites (tertiary alicyclic amines) is 1. The molecule has 26 heavy (non-hydrogen) atoms. The predicted octanol–water partition coefficient (Wildman–Crippen LogP) is 2.50. The van der Waals surface area contributed by atoms with Gasteiger partial charge in [0.2, 0.25) is 0 Å². The molecule has 136 valence electrons. The largest absolute Gasteiger partial charge is 0.379 e. The van der Waals surface area contributed by atoms with Crippen LogP contribution in [-0.2, 0) is 11.2 Å². The second-order valence-corrected chi connectivity index (χ2v) is 7.62. The Labute approximate surface area is 154 Å². The highest BCUT2D eigenvalue weighted by Gasteiger charge is 2.37. The number of carbonyl (C=O) groups is 1. The normalized spacial score (nSPS) is 20.2. The third kappa shape index (κ3) is 3.06. The van der Waals surface area contributed by atoms with E-state index >= 15 is 0 Å². The van der Waals surface area contributed by atoms with Gasteiger partial charge in [0, 0.05) is 38.6 Å². The fourth-order valence-electron chi connectivity index (χ4n) is 3.55. The Morgan fingerprint density at radius 1 is 1.46 bits per heavy atom. The van der Waals surface area contributed by atoms with Gasteiger partial charge in [0.25, 0.3) is 5.91 Å². The summed E-state index contributed by atoms with van der Waals surface area (Å²) in [6.07, 6.45) is 0.663. The van der Waals surface area contributed by atoms with Crippen molar-refractivity contribution in [3.05, 3.63) is 41.3 Å². The SMILES string of the molecule is CO[C@@H]1CN(C(=O)c2cccc3nc(N)sc23)C[C@H]1Cc1cc(C)no1. The number of amides is 1. The van der Waals surface area contributed by atoms with Crippen molar-refractivity contribution in [1.29, 1.82) is 0 Å². The topological polar surface area (TPSA) is 94.5 Å². The molecule has 8 heteroatoms. The summed E-state index contributed by atoms with van der Waals surface area (Å²) in [6.45, 7) is 3.06. The van der Waals surface area contributed by atoms with E-state index < -0.39 is 0 Å². The van der Waals surface area contributed by atoms with Crippen molar-refractivity contribution in [1.82, 2.24) is 15.0 Å². The molecule has 0 spiro atoms. The maximum atomic E-state index is 13.1. The minimum absolute atomic E-state index is 0.0162. The minimum atomic E-state index is -0.0323. The van der Waals surface area contributed by atoms with E-state index in [1.165, 1.54) is 11.3 Å². The average molecular weight is 372 g/mol. The lowest BCUT2D eigenvalue weighted by Crippen LogP contribution is -2.30. The Kier molecular flexibility index (Phi) is 4.37. The van der Waals surface area contributed by atoms with Gasteiger partial charge in [0.15, 0.2) is 5.13 Å². The van der Waals surface area contributed by atoms with E-state index in [0.717, 1.165) is 21.7 Å². The first-order chi connectivity index (χ1) is 12.5. The van der Waals surface area contributed by atoms with Gasteiger partial charge in [-0.3, -0.25) is 4.79 Å². The molecule has 1 amide bonds. The molecule has 0 bridgehead atoms. The number of nitrogens with zero attached hydrogens (tertiary/aromatic N) is 3. The molecule has 2 aromatic heterocycles. The molecule has 2 N–H and O–H groups in total. The standard InChI is InChI=1S/C18H20N4O3S/c1-10-6-12(25-21-10)7-11-8-22(9-15(11)24-2)17(23)13-4-3-5-14-16(13)26-18(19)20-14/h3-6,11,15H,7-9H2,1-2H3,(H2,19,20)/t11-,15-/m1/s1. The summed E-state index contributed by atoms with van der Waals surface area (Å²) in [7, 11) is 1.68. The van der Waals surface area contributed by atoms with Gasteiger partial charge in [-0.2, -0.15) is 0 Å². The van der Waals surface area contributed by atoms with Gasteiger partial charge in [-0.1, -0.05) is 22.6 Å². The van der Waals surface area contributed by atoms with E-state index in [0.29, 0.717) is 30.2 Å². The number of nitrogen functional groups attached to an aromatic ring is 1. The average Bonchev–Trinajstić information content (AvgIpc) is 3.31. The maximum absolute atomic E-state index is 13.1. The first kappa shape index (κ1) is 17.0. The first-order valence-electron chi connectivity index (χ1n) is 8.44. The third-order valence-electron chi connectivity index (χ3n) is 4.77. The summed E-state index contributed by atoms with van der Waals surface area (Å²) in [5.74, 6) is 0.973. The van der Waals surface area contributed by atoms with Gasteiger partial charge in [-0.05, 0) is 19.1 Å². The number of rotatable bonds is 4. The monoisotopic (exact) mass is 372 g/mol. The Morgan fingerprint density at radius 3 is 3.04 bits per heavy atom. The number of aryl methyl sites for hydroxylation is 1. The highest BCUT2D eigenvalue weighted by atomic mass is 32.1. The molecule has 1 aromatic carbocycles. The second-order valence-electron chi connectivity index (χ2n) is 6.59. The number of benzene rings is 1. The van der Waals surface area contributed by atoms with Crippen LogP contribution >= 0.6 is 11.3 Å². The van der Waals surface area contributed by atoms with Crippen LogP contribution in [0.4, 0.5) is 5.13 Å². The fraction of sp³-hybridized carbons (Fsp3) is 0.389. The van der Waals surface area contributed by atoms with Crippen LogP contribution in [0.1, 0.15) is 21.8 Å². The molecule has 4 rings (SSSR count). The van der Waals surface area contributed by atoms with E-state index in [1.54, 1.807) is 7.11 Å². The molecule has 3 aromatic rings. The van der Waals surface area contributed by atoms with Crippen LogP contribution in [0.15, 0.2) is 28.8 Å². The van der Waals surface area contributed by atoms with Crippen LogP contribution in [0, 0.1) is 12.8 Å². The fourth-order valence-corrected chi connectivity index (χ4v) is 4.38. The van der Waals surface area contributed by atoms with Gasteiger partial charge in [-0.25, -0.2) is 4.98 Å². The van der Waals surface area contributed by atoms with Gasteiger partial charge in [0.1, 0.15) is 5.76 Å². The van der Waals surface area contributed by atoms with E-state index in [9.17, 15) is 4.79 Å². The summed E-state index contributed by atoms with van der Waals surface area (Å²) >= 11 is 1.34. The molecule has 7 nitrogen and oxygen atoms in total. The number of ether oxygens (including phenoxy) is 1. The zero-order valence-electron chi connectivity index (χ0n) is 14.6. The lowest BCUT2D eigenvalue weighted by Gasteiger charge is -2.16. The summed E-state index contributed by atoms with van der Waals surface area (Å²) in [4.78, 5) is 19.2. The summed E-state index contributed by atoms with van der Waals surface area (Å²) in [5, 5.41) is 4.40. The molecule has 0 unspecified atom stereocenters. The van der Waals surface area contributed by atoms with Crippen molar-refractivity contribution in [3.63, 3.8) is 0 Å². The van der Waals surface area contributed by atoms with Crippen molar-refractivity contribution in [2.24, 2.45) is 5.92 Å². The molecule has 1 aliphatic rings. The van der Waals surface area contributed by atoms with Crippen LogP contribution in [-0.4, -0.2) is 47.3 Å².